The predicted octanol–water partition coefficient (Wildman–Crippen LogP) is 0.715. The van der Waals surface area contributed by atoms with Gasteiger partial charge in [0.1, 0.15) is 5.75 Å². The zero-order valence-electron chi connectivity index (χ0n) is 10.7. The summed E-state index contributed by atoms with van der Waals surface area (Å²) in [6.07, 6.45) is 2.91. The number of primary amides is 1. The minimum Gasteiger partial charge on any atom is -0.494 e. The molecule has 6 nitrogen and oxygen atoms in total. The smallest absolute Gasteiger partial charge is 0.248 e. The first-order valence-corrected chi connectivity index (χ1v) is 6.15. The van der Waals surface area contributed by atoms with Crippen LogP contribution in [0.5, 0.6) is 5.75 Å². The Bertz CT molecular complexity index is 435. The van der Waals surface area contributed by atoms with Gasteiger partial charge < -0.3 is 10.5 Å². The van der Waals surface area contributed by atoms with Crippen LogP contribution in [0.1, 0.15) is 36.0 Å². The van der Waals surface area contributed by atoms with Gasteiger partial charge in [0.05, 0.1) is 6.61 Å². The van der Waals surface area contributed by atoms with Gasteiger partial charge in [-0.3, -0.25) is 15.0 Å². The summed E-state index contributed by atoms with van der Waals surface area (Å²) in [5.41, 5.74) is 7.69. The fourth-order valence-corrected chi connectivity index (χ4v) is 1.57. The van der Waals surface area contributed by atoms with E-state index in [1.807, 2.05) is 0 Å². The number of ether oxygens (including phenoxy) is 1. The topological polar surface area (TPSA) is 107 Å². The molecule has 0 atom stereocenters. The number of hydrogen-bond acceptors (Lipinski definition) is 4. The highest BCUT2D eigenvalue weighted by molar-refractivity contribution is 5.93. The van der Waals surface area contributed by atoms with Crippen molar-refractivity contribution < 1.29 is 14.3 Å². The van der Waals surface area contributed by atoms with E-state index < -0.39 is 5.91 Å². The first-order valence-electron chi connectivity index (χ1n) is 6.15. The molecule has 0 bridgehead atoms. The summed E-state index contributed by atoms with van der Waals surface area (Å²) in [7, 11) is 0. The second-order valence-corrected chi connectivity index (χ2v) is 4.12. The third kappa shape index (κ3) is 5.87. The SMILES string of the molecule is NNC(=O)CCCCCOc1cccc(C(N)=O)c1. The van der Waals surface area contributed by atoms with E-state index in [2.05, 4.69) is 5.43 Å². The average Bonchev–Trinajstić information content (AvgIpc) is 2.42. The molecule has 5 N–H and O–H groups in total. The van der Waals surface area contributed by atoms with E-state index in [1.165, 1.54) is 0 Å². The van der Waals surface area contributed by atoms with Crippen molar-refractivity contribution in [1.29, 1.82) is 0 Å². The molecular weight excluding hydrogens is 246 g/mol. The summed E-state index contributed by atoms with van der Waals surface area (Å²) in [5, 5.41) is 0. The number of benzene rings is 1. The molecule has 0 unspecified atom stereocenters. The van der Waals surface area contributed by atoms with Gasteiger partial charge in [-0.2, -0.15) is 0 Å². The zero-order valence-corrected chi connectivity index (χ0v) is 10.7. The van der Waals surface area contributed by atoms with Crippen LogP contribution in [0.3, 0.4) is 0 Å². The van der Waals surface area contributed by atoms with E-state index in [0.29, 0.717) is 24.3 Å². The molecule has 19 heavy (non-hydrogen) atoms. The molecular formula is C13H19N3O3. The van der Waals surface area contributed by atoms with E-state index in [-0.39, 0.29) is 5.91 Å². The van der Waals surface area contributed by atoms with Crippen molar-refractivity contribution in [3.05, 3.63) is 29.8 Å². The lowest BCUT2D eigenvalue weighted by Crippen LogP contribution is -2.29. The molecule has 0 spiro atoms. The standard InChI is InChI=1S/C13H19N3O3/c14-13(18)10-5-4-6-11(9-10)19-8-3-1-2-7-12(17)16-15/h4-6,9H,1-3,7-8,15H2,(H2,14,18)(H,16,17). The molecule has 0 heterocycles. The number of rotatable bonds is 8. The molecule has 0 saturated heterocycles. The predicted molar refractivity (Wildman–Crippen MR) is 71.3 cm³/mol. The van der Waals surface area contributed by atoms with Crippen LogP contribution in [-0.2, 0) is 4.79 Å². The molecule has 6 heteroatoms. The molecule has 1 aromatic rings. The van der Waals surface area contributed by atoms with E-state index in [1.54, 1.807) is 24.3 Å². The maximum Gasteiger partial charge on any atom is 0.248 e. The largest absolute Gasteiger partial charge is 0.494 e. The fourth-order valence-electron chi connectivity index (χ4n) is 1.57. The van der Waals surface area contributed by atoms with Crippen molar-refractivity contribution in [3.8, 4) is 5.75 Å². The Hall–Kier alpha value is -2.08. The number of nitrogens with two attached hydrogens (primary N) is 2. The van der Waals surface area contributed by atoms with Crippen molar-refractivity contribution in [3.63, 3.8) is 0 Å². The number of amides is 2. The monoisotopic (exact) mass is 265 g/mol. The van der Waals surface area contributed by atoms with Gasteiger partial charge in [0.15, 0.2) is 0 Å². The number of unbranched alkanes of at least 4 members (excludes halogenated alkanes) is 2. The molecule has 0 aromatic heterocycles. The van der Waals surface area contributed by atoms with Crippen LogP contribution < -0.4 is 21.7 Å². The van der Waals surface area contributed by atoms with E-state index in [0.717, 1.165) is 19.3 Å². The Morgan fingerprint density at radius 3 is 2.68 bits per heavy atom. The summed E-state index contributed by atoms with van der Waals surface area (Å²) >= 11 is 0. The van der Waals surface area contributed by atoms with Crippen LogP contribution in [0.25, 0.3) is 0 Å². The number of hydrogen-bond donors (Lipinski definition) is 3. The highest BCUT2D eigenvalue weighted by Crippen LogP contribution is 2.13. The van der Waals surface area contributed by atoms with Crippen molar-refractivity contribution in [2.24, 2.45) is 11.6 Å². The second-order valence-electron chi connectivity index (χ2n) is 4.12. The van der Waals surface area contributed by atoms with Gasteiger partial charge in [-0.05, 0) is 37.5 Å². The van der Waals surface area contributed by atoms with Crippen LogP contribution >= 0.6 is 0 Å². The van der Waals surface area contributed by atoms with Crippen LogP contribution in [0.15, 0.2) is 24.3 Å². The lowest BCUT2D eigenvalue weighted by molar-refractivity contribution is -0.121. The lowest BCUT2D eigenvalue weighted by atomic mass is 10.2. The van der Waals surface area contributed by atoms with Gasteiger partial charge in [-0.25, -0.2) is 5.84 Å². The van der Waals surface area contributed by atoms with Gasteiger partial charge in [0.2, 0.25) is 11.8 Å². The van der Waals surface area contributed by atoms with Gasteiger partial charge in [0.25, 0.3) is 0 Å². The molecule has 2 amide bonds. The molecule has 1 aromatic carbocycles. The van der Waals surface area contributed by atoms with Crippen LogP contribution in [-0.4, -0.2) is 18.4 Å². The van der Waals surface area contributed by atoms with Crippen LogP contribution in [0.4, 0.5) is 0 Å². The normalized spacial score (nSPS) is 9.95. The Morgan fingerprint density at radius 2 is 2.00 bits per heavy atom. The highest BCUT2D eigenvalue weighted by Gasteiger charge is 2.02. The summed E-state index contributed by atoms with van der Waals surface area (Å²) in [4.78, 5) is 21.8. The summed E-state index contributed by atoms with van der Waals surface area (Å²) in [6.45, 7) is 0.534. The van der Waals surface area contributed by atoms with Crippen molar-refractivity contribution in [2.45, 2.75) is 25.7 Å². The molecule has 0 aliphatic rings. The Morgan fingerprint density at radius 1 is 1.21 bits per heavy atom. The Kier molecular flexibility index (Phi) is 6.38. The van der Waals surface area contributed by atoms with E-state index >= 15 is 0 Å². The fraction of sp³-hybridized carbons (Fsp3) is 0.385. The summed E-state index contributed by atoms with van der Waals surface area (Å²) in [5.74, 6) is 4.96. The molecule has 1 rings (SSSR count). The average molecular weight is 265 g/mol. The van der Waals surface area contributed by atoms with Crippen molar-refractivity contribution in [1.82, 2.24) is 5.43 Å². The number of hydrazine groups is 1. The van der Waals surface area contributed by atoms with Crippen LogP contribution in [0, 0.1) is 0 Å². The first-order chi connectivity index (χ1) is 9.13. The van der Waals surface area contributed by atoms with Gasteiger partial charge in [-0.15, -0.1) is 0 Å². The molecule has 0 aliphatic carbocycles. The maximum atomic E-state index is 11.0. The minimum absolute atomic E-state index is 0.157. The van der Waals surface area contributed by atoms with Crippen LogP contribution in [0.2, 0.25) is 0 Å². The molecule has 104 valence electrons. The van der Waals surface area contributed by atoms with Crippen molar-refractivity contribution in [2.75, 3.05) is 6.61 Å². The Balaban J connectivity index is 2.21. The van der Waals surface area contributed by atoms with Gasteiger partial charge in [-0.1, -0.05) is 6.07 Å². The molecule has 0 aliphatic heterocycles. The quantitative estimate of drug-likeness (QED) is 0.278. The van der Waals surface area contributed by atoms with Gasteiger partial charge >= 0.3 is 0 Å². The van der Waals surface area contributed by atoms with E-state index in [4.69, 9.17) is 16.3 Å². The zero-order chi connectivity index (χ0) is 14.1. The third-order valence-electron chi connectivity index (χ3n) is 2.60. The first kappa shape index (κ1) is 15.0. The van der Waals surface area contributed by atoms with Gasteiger partial charge in [0, 0.05) is 12.0 Å². The Labute approximate surface area is 112 Å². The number of carbonyl (C=O) groups excluding carboxylic acids is 2. The minimum atomic E-state index is -0.474. The van der Waals surface area contributed by atoms with E-state index in [9.17, 15) is 9.59 Å². The third-order valence-corrected chi connectivity index (χ3v) is 2.60. The summed E-state index contributed by atoms with van der Waals surface area (Å²) in [6, 6.07) is 6.75. The molecule has 0 saturated carbocycles. The highest BCUT2D eigenvalue weighted by atomic mass is 16.5. The lowest BCUT2D eigenvalue weighted by Gasteiger charge is -2.06. The number of nitrogens with one attached hydrogen (secondary N) is 1. The molecule has 0 fully saturated rings. The summed E-state index contributed by atoms with van der Waals surface area (Å²) < 4.78 is 5.50. The van der Waals surface area contributed by atoms with Crippen molar-refractivity contribution >= 4 is 11.8 Å². The second kappa shape index (κ2) is 8.10. The number of carbonyl (C=O) groups is 2. The maximum absolute atomic E-state index is 11.0. The molecule has 0 radical (unpaired) electrons.